The van der Waals surface area contributed by atoms with E-state index in [-0.39, 0.29) is 11.4 Å². The van der Waals surface area contributed by atoms with Crippen molar-refractivity contribution in [2.45, 2.75) is 4.90 Å². The lowest BCUT2D eigenvalue weighted by Crippen LogP contribution is -2.19. The van der Waals surface area contributed by atoms with Crippen LogP contribution in [-0.4, -0.2) is 13.5 Å². The fraction of sp³-hybridized carbons (Fsp3) is 0. The van der Waals surface area contributed by atoms with Crippen LogP contribution in [0.4, 0.5) is 27.6 Å². The molecule has 0 aliphatic carbocycles. The molecule has 0 fully saturated rings. The minimum atomic E-state index is -5.12. The molecule has 3 rings (SSSR count). The van der Waals surface area contributed by atoms with E-state index < -0.39 is 44.0 Å². The third-order valence-electron chi connectivity index (χ3n) is 3.51. The molecule has 0 radical (unpaired) electrons. The van der Waals surface area contributed by atoms with Crippen LogP contribution in [0.5, 0.6) is 5.75 Å². The first-order valence-corrected chi connectivity index (χ1v) is 8.37. The summed E-state index contributed by atoms with van der Waals surface area (Å²) in [6.07, 6.45) is 0. The predicted octanol–water partition coefficient (Wildman–Crippen LogP) is 4.04. The van der Waals surface area contributed by atoms with Gasteiger partial charge < -0.3 is 5.11 Å². The Hall–Kier alpha value is -2.88. The lowest BCUT2D eigenvalue weighted by Gasteiger charge is -2.12. The number of phenols is 1. The molecule has 0 saturated heterocycles. The summed E-state index contributed by atoms with van der Waals surface area (Å²) in [5.74, 6) is -12.2. The molecule has 0 saturated carbocycles. The normalized spacial score (nSPS) is 11.7. The van der Waals surface area contributed by atoms with Crippen molar-refractivity contribution in [3.8, 4) is 5.75 Å². The van der Waals surface area contributed by atoms with Crippen LogP contribution in [0, 0.1) is 29.1 Å². The molecule has 0 bridgehead atoms. The molecule has 0 amide bonds. The highest BCUT2D eigenvalue weighted by Crippen LogP contribution is 2.29. The number of phenolic OH excluding ortho intramolecular Hbond substituents is 1. The maximum absolute atomic E-state index is 13.7. The molecular weight excluding hydrogens is 381 g/mol. The molecule has 10 heteroatoms. The standard InChI is InChI=1S/C16H8F5NO3S/c17-11-12(18)14(20)16(15(21)13(11)19)26(24,25)22-9-3-1-7-2-4-10(23)6-8(7)5-9/h1-6,22-23H. The minimum absolute atomic E-state index is 0.114. The van der Waals surface area contributed by atoms with Crippen molar-refractivity contribution < 1.29 is 35.5 Å². The van der Waals surface area contributed by atoms with E-state index in [1.165, 1.54) is 36.4 Å². The molecule has 0 aliphatic rings. The Kier molecular flexibility index (Phi) is 4.23. The number of nitrogens with one attached hydrogen (secondary N) is 1. The van der Waals surface area contributed by atoms with Crippen LogP contribution in [0.15, 0.2) is 41.3 Å². The highest BCUT2D eigenvalue weighted by atomic mass is 32.2. The Labute approximate surface area is 143 Å². The quantitative estimate of drug-likeness (QED) is 0.404. The third kappa shape index (κ3) is 2.92. The lowest BCUT2D eigenvalue weighted by atomic mass is 10.1. The zero-order valence-corrected chi connectivity index (χ0v) is 13.3. The van der Waals surface area contributed by atoms with Gasteiger partial charge in [0, 0.05) is 5.69 Å². The molecule has 136 valence electrons. The van der Waals surface area contributed by atoms with Gasteiger partial charge in [-0.05, 0) is 35.0 Å². The van der Waals surface area contributed by atoms with Gasteiger partial charge in [0.1, 0.15) is 5.75 Å². The predicted molar refractivity (Wildman–Crippen MR) is 82.7 cm³/mol. The van der Waals surface area contributed by atoms with Crippen LogP contribution < -0.4 is 4.72 Å². The summed E-state index contributed by atoms with van der Waals surface area (Å²) in [5, 5.41) is 10.4. The van der Waals surface area contributed by atoms with Crippen LogP contribution in [-0.2, 0) is 10.0 Å². The van der Waals surface area contributed by atoms with E-state index in [1.807, 2.05) is 0 Å². The van der Waals surface area contributed by atoms with Gasteiger partial charge in [-0.1, -0.05) is 12.1 Å². The number of fused-ring (bicyclic) bond motifs is 1. The monoisotopic (exact) mass is 389 g/mol. The van der Waals surface area contributed by atoms with E-state index in [4.69, 9.17) is 0 Å². The van der Waals surface area contributed by atoms with Gasteiger partial charge in [-0.25, -0.2) is 30.4 Å². The molecule has 3 aromatic carbocycles. The van der Waals surface area contributed by atoms with Gasteiger partial charge in [-0.15, -0.1) is 0 Å². The van der Waals surface area contributed by atoms with Crippen molar-refractivity contribution in [1.29, 1.82) is 0 Å². The topological polar surface area (TPSA) is 66.4 Å². The molecule has 0 unspecified atom stereocenters. The van der Waals surface area contributed by atoms with Crippen molar-refractivity contribution in [1.82, 2.24) is 0 Å². The summed E-state index contributed by atoms with van der Waals surface area (Å²) in [6, 6.07) is 8.10. The summed E-state index contributed by atoms with van der Waals surface area (Å²) in [7, 11) is -5.12. The van der Waals surface area contributed by atoms with Crippen LogP contribution in [0.2, 0.25) is 0 Å². The molecule has 0 aromatic heterocycles. The Balaban J connectivity index is 2.11. The smallest absolute Gasteiger partial charge is 0.267 e. The summed E-state index contributed by atoms with van der Waals surface area (Å²) < 4.78 is 93.1. The summed E-state index contributed by atoms with van der Waals surface area (Å²) in [6.45, 7) is 0. The Morgan fingerprint density at radius 2 is 1.27 bits per heavy atom. The molecule has 0 heterocycles. The van der Waals surface area contributed by atoms with E-state index in [1.54, 1.807) is 4.72 Å². The fourth-order valence-electron chi connectivity index (χ4n) is 2.32. The van der Waals surface area contributed by atoms with Crippen LogP contribution >= 0.6 is 0 Å². The number of benzene rings is 3. The Bertz CT molecular complexity index is 1120. The molecule has 0 aliphatic heterocycles. The third-order valence-corrected chi connectivity index (χ3v) is 4.91. The summed E-state index contributed by atoms with van der Waals surface area (Å²) in [4.78, 5) is -1.98. The number of hydrogen-bond donors (Lipinski definition) is 2. The second kappa shape index (κ2) is 6.13. The van der Waals surface area contributed by atoms with Crippen LogP contribution in [0.3, 0.4) is 0 Å². The van der Waals surface area contributed by atoms with Crippen molar-refractivity contribution in [3.05, 3.63) is 65.5 Å². The first-order chi connectivity index (χ1) is 12.1. The molecule has 2 N–H and O–H groups in total. The summed E-state index contributed by atoms with van der Waals surface area (Å²) in [5.41, 5.74) is -0.202. The number of halogens is 5. The SMILES string of the molecule is O=S(=O)(Nc1ccc2ccc(O)cc2c1)c1c(F)c(F)c(F)c(F)c1F. The zero-order chi connectivity index (χ0) is 19.2. The molecule has 0 spiro atoms. The molecule has 4 nitrogen and oxygen atoms in total. The lowest BCUT2D eigenvalue weighted by molar-refractivity contribution is 0.358. The van der Waals surface area contributed by atoms with Gasteiger partial charge in [0.05, 0.1) is 0 Å². The summed E-state index contributed by atoms with van der Waals surface area (Å²) >= 11 is 0. The Morgan fingerprint density at radius 1 is 0.731 bits per heavy atom. The minimum Gasteiger partial charge on any atom is -0.508 e. The highest BCUT2D eigenvalue weighted by Gasteiger charge is 2.33. The van der Waals surface area contributed by atoms with E-state index in [9.17, 15) is 35.5 Å². The number of aromatic hydroxyl groups is 1. The van der Waals surface area contributed by atoms with E-state index in [0.29, 0.717) is 10.8 Å². The van der Waals surface area contributed by atoms with Gasteiger partial charge in [-0.2, -0.15) is 0 Å². The second-order valence-corrected chi connectivity index (χ2v) is 6.87. The van der Waals surface area contributed by atoms with Crippen LogP contribution in [0.1, 0.15) is 0 Å². The number of hydrogen-bond acceptors (Lipinski definition) is 3. The highest BCUT2D eigenvalue weighted by molar-refractivity contribution is 7.92. The maximum atomic E-state index is 13.7. The van der Waals surface area contributed by atoms with Crippen LogP contribution in [0.25, 0.3) is 10.8 Å². The van der Waals surface area contributed by atoms with Gasteiger partial charge in [0.2, 0.25) is 5.82 Å². The van der Waals surface area contributed by atoms with E-state index in [2.05, 4.69) is 0 Å². The van der Waals surface area contributed by atoms with Gasteiger partial charge in [0.15, 0.2) is 28.2 Å². The molecule has 0 atom stereocenters. The zero-order valence-electron chi connectivity index (χ0n) is 12.5. The maximum Gasteiger partial charge on any atom is 0.267 e. The van der Waals surface area contributed by atoms with Crippen molar-refractivity contribution in [3.63, 3.8) is 0 Å². The number of anilines is 1. The van der Waals surface area contributed by atoms with Crippen molar-refractivity contribution in [2.75, 3.05) is 4.72 Å². The van der Waals surface area contributed by atoms with Gasteiger partial charge in [-0.3, -0.25) is 4.72 Å². The fourth-order valence-corrected chi connectivity index (χ4v) is 3.51. The largest absolute Gasteiger partial charge is 0.508 e. The number of sulfonamides is 1. The number of rotatable bonds is 3. The van der Waals surface area contributed by atoms with Crippen molar-refractivity contribution >= 4 is 26.5 Å². The molecular formula is C16H8F5NO3S. The van der Waals surface area contributed by atoms with E-state index in [0.717, 1.165) is 0 Å². The average molecular weight is 389 g/mol. The molecule has 3 aromatic rings. The first kappa shape index (κ1) is 17.9. The first-order valence-electron chi connectivity index (χ1n) is 6.89. The van der Waals surface area contributed by atoms with Gasteiger partial charge >= 0.3 is 0 Å². The van der Waals surface area contributed by atoms with Gasteiger partial charge in [0.25, 0.3) is 10.0 Å². The van der Waals surface area contributed by atoms with E-state index >= 15 is 0 Å². The average Bonchev–Trinajstić information content (AvgIpc) is 2.57. The van der Waals surface area contributed by atoms with Crippen molar-refractivity contribution in [2.24, 2.45) is 0 Å². The molecule has 26 heavy (non-hydrogen) atoms. The second-order valence-electron chi connectivity index (χ2n) is 5.25. The Morgan fingerprint density at radius 3 is 1.88 bits per heavy atom.